The first kappa shape index (κ1) is 14.1. The lowest BCUT2D eigenvalue weighted by molar-refractivity contribution is 0.0945. The number of benzene rings is 1. The Kier molecular flexibility index (Phi) is 4.42. The second-order valence-corrected chi connectivity index (χ2v) is 4.86. The van der Waals surface area contributed by atoms with Crippen molar-refractivity contribution in [2.45, 2.75) is 13.5 Å². The number of carbonyl (C=O) groups is 1. The topological polar surface area (TPSA) is 68.0 Å². The van der Waals surface area contributed by atoms with Gasteiger partial charge in [-0.2, -0.15) is 0 Å². The van der Waals surface area contributed by atoms with Gasteiger partial charge in [0.2, 0.25) is 0 Å². The summed E-state index contributed by atoms with van der Waals surface area (Å²) in [7, 11) is 0. The molecule has 0 aliphatic rings. The highest BCUT2D eigenvalue weighted by atomic mass is 32.1. The highest BCUT2D eigenvalue weighted by molar-refractivity contribution is 7.80. The lowest BCUT2D eigenvalue weighted by Gasteiger charge is -2.08. The average molecular weight is 285 g/mol. The van der Waals surface area contributed by atoms with Crippen molar-refractivity contribution in [1.29, 1.82) is 0 Å². The predicted molar refractivity (Wildman–Crippen MR) is 82.5 cm³/mol. The number of hydrogen-bond acceptors (Lipinski definition) is 3. The molecule has 0 radical (unpaired) electrons. The number of carbonyl (C=O) groups excluding carboxylic acids is 1. The standard InChI is InChI=1S/C15H15N3OS/c1-10-4-3-7-17-13(10)15(19)18-9-11-5-2-6-12(8-11)14(16)20/h2-8H,9H2,1H3,(H2,16,20)(H,18,19). The third-order valence-corrected chi connectivity index (χ3v) is 3.12. The third-order valence-electron chi connectivity index (χ3n) is 2.89. The summed E-state index contributed by atoms with van der Waals surface area (Å²) in [6.07, 6.45) is 1.61. The monoisotopic (exact) mass is 285 g/mol. The predicted octanol–water partition coefficient (Wildman–Crippen LogP) is 1.95. The number of nitrogens with one attached hydrogen (secondary N) is 1. The molecule has 2 aromatic rings. The van der Waals surface area contributed by atoms with E-state index in [1.54, 1.807) is 12.3 Å². The Hall–Kier alpha value is -2.27. The van der Waals surface area contributed by atoms with Gasteiger partial charge >= 0.3 is 0 Å². The van der Waals surface area contributed by atoms with E-state index in [9.17, 15) is 4.79 Å². The highest BCUT2D eigenvalue weighted by Crippen LogP contribution is 2.07. The van der Waals surface area contributed by atoms with Gasteiger partial charge in [0.05, 0.1) is 0 Å². The van der Waals surface area contributed by atoms with Crippen molar-refractivity contribution in [2.75, 3.05) is 0 Å². The molecule has 0 spiro atoms. The van der Waals surface area contributed by atoms with Gasteiger partial charge in [0.15, 0.2) is 0 Å². The van der Waals surface area contributed by atoms with Crippen LogP contribution in [0.25, 0.3) is 0 Å². The number of amides is 1. The number of hydrogen-bond donors (Lipinski definition) is 2. The SMILES string of the molecule is Cc1cccnc1C(=O)NCc1cccc(C(N)=S)c1. The number of aryl methyl sites for hydroxylation is 1. The smallest absolute Gasteiger partial charge is 0.270 e. The van der Waals surface area contributed by atoms with Gasteiger partial charge in [0.25, 0.3) is 5.91 Å². The average Bonchev–Trinajstić information content (AvgIpc) is 2.45. The van der Waals surface area contributed by atoms with Crippen LogP contribution in [0.2, 0.25) is 0 Å². The van der Waals surface area contributed by atoms with Gasteiger partial charge in [-0.15, -0.1) is 0 Å². The fraction of sp³-hybridized carbons (Fsp3) is 0.133. The Morgan fingerprint density at radius 2 is 2.15 bits per heavy atom. The molecule has 3 N–H and O–H groups in total. The van der Waals surface area contributed by atoms with E-state index in [1.807, 2.05) is 37.3 Å². The summed E-state index contributed by atoms with van der Waals surface area (Å²) in [5.74, 6) is -0.191. The first-order chi connectivity index (χ1) is 9.58. The van der Waals surface area contributed by atoms with Gasteiger partial charge in [-0.1, -0.05) is 36.5 Å². The fourth-order valence-corrected chi connectivity index (χ4v) is 1.95. The van der Waals surface area contributed by atoms with Crippen molar-refractivity contribution in [3.63, 3.8) is 0 Å². The van der Waals surface area contributed by atoms with E-state index in [2.05, 4.69) is 10.3 Å². The van der Waals surface area contributed by atoms with Crippen LogP contribution >= 0.6 is 12.2 Å². The molecular weight excluding hydrogens is 270 g/mol. The van der Waals surface area contributed by atoms with Crippen LogP contribution in [-0.4, -0.2) is 15.9 Å². The molecule has 102 valence electrons. The van der Waals surface area contributed by atoms with Crippen LogP contribution in [0.4, 0.5) is 0 Å². The number of pyridine rings is 1. The van der Waals surface area contributed by atoms with Crippen molar-refractivity contribution in [1.82, 2.24) is 10.3 Å². The summed E-state index contributed by atoms with van der Waals surface area (Å²) in [4.78, 5) is 16.5. The molecule has 0 saturated carbocycles. The first-order valence-corrected chi connectivity index (χ1v) is 6.57. The number of thiocarbonyl (C=S) groups is 1. The summed E-state index contributed by atoms with van der Waals surface area (Å²) in [5.41, 5.74) is 8.61. The van der Waals surface area contributed by atoms with Gasteiger partial charge in [-0.05, 0) is 30.2 Å². The van der Waals surface area contributed by atoms with Gasteiger partial charge in [-0.25, -0.2) is 0 Å². The molecule has 5 heteroatoms. The third kappa shape index (κ3) is 3.39. The normalized spacial score (nSPS) is 10.1. The zero-order valence-electron chi connectivity index (χ0n) is 11.1. The van der Waals surface area contributed by atoms with Gasteiger partial charge in [-0.3, -0.25) is 9.78 Å². The van der Waals surface area contributed by atoms with Crippen LogP contribution < -0.4 is 11.1 Å². The largest absolute Gasteiger partial charge is 0.389 e. The maximum absolute atomic E-state index is 12.0. The summed E-state index contributed by atoms with van der Waals surface area (Å²) < 4.78 is 0. The van der Waals surface area contributed by atoms with Crippen molar-refractivity contribution in [3.05, 3.63) is 65.0 Å². The minimum atomic E-state index is -0.191. The quantitative estimate of drug-likeness (QED) is 0.843. The molecule has 4 nitrogen and oxygen atoms in total. The molecule has 1 heterocycles. The molecule has 0 saturated heterocycles. The Morgan fingerprint density at radius 3 is 2.85 bits per heavy atom. The van der Waals surface area contributed by atoms with Crippen LogP contribution in [0.1, 0.15) is 27.2 Å². The van der Waals surface area contributed by atoms with Crippen LogP contribution in [0.15, 0.2) is 42.6 Å². The molecule has 0 unspecified atom stereocenters. The minimum Gasteiger partial charge on any atom is -0.389 e. The first-order valence-electron chi connectivity index (χ1n) is 6.16. The van der Waals surface area contributed by atoms with Crippen LogP contribution in [0, 0.1) is 6.92 Å². The molecule has 0 bridgehead atoms. The molecule has 2 rings (SSSR count). The number of nitrogens with two attached hydrogens (primary N) is 1. The van der Waals surface area contributed by atoms with E-state index in [-0.39, 0.29) is 5.91 Å². The zero-order valence-corrected chi connectivity index (χ0v) is 11.9. The van der Waals surface area contributed by atoms with E-state index in [4.69, 9.17) is 18.0 Å². The number of rotatable bonds is 4. The van der Waals surface area contributed by atoms with E-state index >= 15 is 0 Å². The Morgan fingerprint density at radius 1 is 1.35 bits per heavy atom. The Balaban J connectivity index is 2.06. The second kappa shape index (κ2) is 6.25. The van der Waals surface area contributed by atoms with E-state index in [0.717, 1.165) is 16.7 Å². The molecule has 1 aromatic carbocycles. The van der Waals surface area contributed by atoms with Crippen molar-refractivity contribution < 1.29 is 4.79 Å². The summed E-state index contributed by atoms with van der Waals surface area (Å²) in [5, 5.41) is 2.84. The summed E-state index contributed by atoms with van der Waals surface area (Å²) >= 11 is 4.93. The van der Waals surface area contributed by atoms with Crippen molar-refractivity contribution in [3.8, 4) is 0 Å². The Labute approximate surface area is 123 Å². The molecule has 0 fully saturated rings. The maximum atomic E-state index is 12.0. The molecular formula is C15H15N3OS. The fourth-order valence-electron chi connectivity index (χ4n) is 1.82. The molecule has 0 aliphatic carbocycles. The summed E-state index contributed by atoms with van der Waals surface area (Å²) in [6.45, 7) is 2.26. The van der Waals surface area contributed by atoms with Gasteiger partial charge in [0.1, 0.15) is 10.7 Å². The lowest BCUT2D eigenvalue weighted by atomic mass is 10.1. The molecule has 1 aromatic heterocycles. The van der Waals surface area contributed by atoms with Crippen molar-refractivity contribution in [2.24, 2.45) is 5.73 Å². The number of aromatic nitrogens is 1. The number of nitrogens with zero attached hydrogens (tertiary/aromatic N) is 1. The van der Waals surface area contributed by atoms with Gasteiger partial charge in [0, 0.05) is 18.3 Å². The minimum absolute atomic E-state index is 0.191. The molecule has 20 heavy (non-hydrogen) atoms. The van der Waals surface area contributed by atoms with E-state index in [1.165, 1.54) is 0 Å². The Bertz CT molecular complexity index is 655. The van der Waals surface area contributed by atoms with Crippen LogP contribution in [0.5, 0.6) is 0 Å². The zero-order chi connectivity index (χ0) is 14.5. The molecule has 1 amide bonds. The van der Waals surface area contributed by atoms with Gasteiger partial charge < -0.3 is 11.1 Å². The van der Waals surface area contributed by atoms with Crippen molar-refractivity contribution >= 4 is 23.1 Å². The summed E-state index contributed by atoms with van der Waals surface area (Å²) in [6, 6.07) is 11.1. The van der Waals surface area contributed by atoms with E-state index < -0.39 is 0 Å². The lowest BCUT2D eigenvalue weighted by Crippen LogP contribution is -2.24. The van der Waals surface area contributed by atoms with Crippen LogP contribution in [0.3, 0.4) is 0 Å². The highest BCUT2D eigenvalue weighted by Gasteiger charge is 2.09. The second-order valence-electron chi connectivity index (χ2n) is 4.42. The van der Waals surface area contributed by atoms with E-state index in [0.29, 0.717) is 17.2 Å². The maximum Gasteiger partial charge on any atom is 0.270 e. The molecule has 0 atom stereocenters. The molecule has 0 aliphatic heterocycles. The van der Waals surface area contributed by atoms with Crippen LogP contribution in [-0.2, 0) is 6.54 Å².